The van der Waals surface area contributed by atoms with E-state index in [2.05, 4.69) is 16.4 Å². The van der Waals surface area contributed by atoms with Crippen LogP contribution in [0.5, 0.6) is 5.75 Å². The van der Waals surface area contributed by atoms with E-state index in [0.29, 0.717) is 5.56 Å². The lowest BCUT2D eigenvalue weighted by atomic mass is 10.1. The van der Waals surface area contributed by atoms with Crippen LogP contribution in [0.4, 0.5) is 11.4 Å². The van der Waals surface area contributed by atoms with E-state index >= 15 is 0 Å². The SMILES string of the molecule is COc1cccc2c(Nc3cccc(C#N)c3)cc(C)nc12. The molecule has 0 aliphatic carbocycles. The van der Waals surface area contributed by atoms with Crippen molar-refractivity contribution in [2.45, 2.75) is 6.92 Å². The average Bonchev–Trinajstić information content (AvgIpc) is 2.54. The van der Waals surface area contributed by atoms with E-state index in [9.17, 15) is 0 Å². The number of hydrogen-bond acceptors (Lipinski definition) is 4. The summed E-state index contributed by atoms with van der Waals surface area (Å²) in [5, 5.41) is 13.4. The van der Waals surface area contributed by atoms with Gasteiger partial charge in [0.25, 0.3) is 0 Å². The molecule has 3 rings (SSSR count). The molecule has 3 aromatic rings. The zero-order chi connectivity index (χ0) is 15.5. The third-order valence-corrected chi connectivity index (χ3v) is 3.42. The van der Waals surface area contributed by atoms with E-state index < -0.39 is 0 Å². The summed E-state index contributed by atoms with van der Waals surface area (Å²) in [4.78, 5) is 4.57. The van der Waals surface area contributed by atoms with Crippen LogP contribution in [0.15, 0.2) is 48.5 Å². The molecule has 0 bridgehead atoms. The van der Waals surface area contributed by atoms with Gasteiger partial charge in [0.15, 0.2) is 0 Å². The van der Waals surface area contributed by atoms with E-state index in [1.807, 2.05) is 49.4 Å². The molecule has 4 nitrogen and oxygen atoms in total. The van der Waals surface area contributed by atoms with Crippen molar-refractivity contribution in [3.05, 3.63) is 59.8 Å². The number of anilines is 2. The molecular formula is C18H15N3O. The van der Waals surface area contributed by atoms with Gasteiger partial charge in [-0.15, -0.1) is 0 Å². The van der Waals surface area contributed by atoms with Crippen LogP contribution in [-0.4, -0.2) is 12.1 Å². The molecule has 0 radical (unpaired) electrons. The van der Waals surface area contributed by atoms with Crippen LogP contribution in [0.25, 0.3) is 10.9 Å². The van der Waals surface area contributed by atoms with Crippen molar-refractivity contribution < 1.29 is 4.74 Å². The Labute approximate surface area is 129 Å². The van der Waals surface area contributed by atoms with Gasteiger partial charge in [0.2, 0.25) is 0 Å². The van der Waals surface area contributed by atoms with Gasteiger partial charge in [-0.2, -0.15) is 5.26 Å². The van der Waals surface area contributed by atoms with Crippen molar-refractivity contribution in [2.24, 2.45) is 0 Å². The monoisotopic (exact) mass is 289 g/mol. The van der Waals surface area contributed by atoms with Gasteiger partial charge in [-0.1, -0.05) is 18.2 Å². The second-order valence-electron chi connectivity index (χ2n) is 4.99. The maximum atomic E-state index is 9.01. The van der Waals surface area contributed by atoms with Gasteiger partial charge in [-0.3, -0.25) is 0 Å². The fourth-order valence-corrected chi connectivity index (χ4v) is 2.44. The van der Waals surface area contributed by atoms with Crippen molar-refractivity contribution in [1.82, 2.24) is 4.98 Å². The zero-order valence-corrected chi connectivity index (χ0v) is 12.4. The van der Waals surface area contributed by atoms with Crippen LogP contribution in [0.3, 0.4) is 0 Å². The molecular weight excluding hydrogens is 274 g/mol. The minimum absolute atomic E-state index is 0.623. The number of ether oxygens (including phenoxy) is 1. The van der Waals surface area contributed by atoms with E-state index in [1.165, 1.54) is 0 Å². The minimum Gasteiger partial charge on any atom is -0.494 e. The number of rotatable bonds is 3. The van der Waals surface area contributed by atoms with Gasteiger partial charge in [0, 0.05) is 22.5 Å². The molecule has 0 atom stereocenters. The highest BCUT2D eigenvalue weighted by atomic mass is 16.5. The van der Waals surface area contributed by atoms with Gasteiger partial charge < -0.3 is 10.1 Å². The van der Waals surface area contributed by atoms with Gasteiger partial charge in [0.05, 0.1) is 18.7 Å². The van der Waals surface area contributed by atoms with Gasteiger partial charge >= 0.3 is 0 Å². The first kappa shape index (κ1) is 13.9. The Kier molecular flexibility index (Phi) is 3.63. The summed E-state index contributed by atoms with van der Waals surface area (Å²) in [6.45, 7) is 1.95. The maximum absolute atomic E-state index is 9.01. The molecule has 108 valence electrons. The Morgan fingerprint density at radius 2 is 1.95 bits per heavy atom. The molecule has 0 aliphatic heterocycles. The third-order valence-electron chi connectivity index (χ3n) is 3.42. The smallest absolute Gasteiger partial charge is 0.145 e. The number of para-hydroxylation sites is 1. The first-order chi connectivity index (χ1) is 10.7. The highest BCUT2D eigenvalue weighted by Crippen LogP contribution is 2.31. The third kappa shape index (κ3) is 2.57. The lowest BCUT2D eigenvalue weighted by Gasteiger charge is -2.12. The lowest BCUT2D eigenvalue weighted by Crippen LogP contribution is -1.96. The van der Waals surface area contributed by atoms with Gasteiger partial charge in [0.1, 0.15) is 11.3 Å². The maximum Gasteiger partial charge on any atom is 0.145 e. The number of hydrogen-bond donors (Lipinski definition) is 1. The summed E-state index contributed by atoms with van der Waals surface area (Å²) in [7, 11) is 1.64. The van der Waals surface area contributed by atoms with Crippen molar-refractivity contribution >= 4 is 22.3 Å². The Bertz CT molecular complexity index is 881. The fraction of sp³-hybridized carbons (Fsp3) is 0.111. The molecule has 1 N–H and O–H groups in total. The van der Waals surface area contributed by atoms with Crippen molar-refractivity contribution in [3.63, 3.8) is 0 Å². The molecule has 2 aromatic carbocycles. The fourth-order valence-electron chi connectivity index (χ4n) is 2.44. The standard InChI is InChI=1S/C18H15N3O/c1-12-9-16(21-14-6-3-5-13(10-14)11-19)15-7-4-8-17(22-2)18(15)20-12/h3-10H,1-2H3,(H,20,21). The van der Waals surface area contributed by atoms with Crippen molar-refractivity contribution in [2.75, 3.05) is 12.4 Å². The molecule has 0 saturated carbocycles. The summed E-state index contributed by atoms with van der Waals surface area (Å²) >= 11 is 0. The van der Waals surface area contributed by atoms with Gasteiger partial charge in [-0.05, 0) is 37.3 Å². The van der Waals surface area contributed by atoms with Gasteiger partial charge in [-0.25, -0.2) is 4.98 Å². The largest absolute Gasteiger partial charge is 0.494 e. The minimum atomic E-state index is 0.623. The van der Waals surface area contributed by atoms with Crippen LogP contribution in [-0.2, 0) is 0 Å². The predicted molar refractivity (Wildman–Crippen MR) is 87.5 cm³/mol. The molecule has 1 heterocycles. The summed E-state index contributed by atoms with van der Waals surface area (Å²) in [6, 6.07) is 17.4. The Balaban J connectivity index is 2.12. The zero-order valence-electron chi connectivity index (χ0n) is 12.4. The average molecular weight is 289 g/mol. The summed E-state index contributed by atoms with van der Waals surface area (Å²) in [5.74, 6) is 0.745. The van der Waals surface area contributed by atoms with Crippen LogP contribution < -0.4 is 10.1 Å². The molecule has 0 unspecified atom stereocenters. The number of nitrogens with one attached hydrogen (secondary N) is 1. The number of nitrogens with zero attached hydrogens (tertiary/aromatic N) is 2. The lowest BCUT2D eigenvalue weighted by molar-refractivity contribution is 0.419. The first-order valence-corrected chi connectivity index (χ1v) is 6.93. The molecule has 0 fully saturated rings. The second kappa shape index (κ2) is 5.74. The normalized spacial score (nSPS) is 10.2. The quantitative estimate of drug-likeness (QED) is 0.786. The first-order valence-electron chi connectivity index (χ1n) is 6.93. The Morgan fingerprint density at radius 3 is 2.73 bits per heavy atom. The predicted octanol–water partition coefficient (Wildman–Crippen LogP) is 4.17. The molecule has 0 saturated heterocycles. The summed E-state index contributed by atoms with van der Waals surface area (Å²) < 4.78 is 5.39. The number of aryl methyl sites for hydroxylation is 1. The van der Waals surface area contributed by atoms with E-state index in [1.54, 1.807) is 13.2 Å². The molecule has 0 amide bonds. The number of aromatic nitrogens is 1. The molecule has 0 spiro atoms. The second-order valence-corrected chi connectivity index (χ2v) is 4.99. The van der Waals surface area contributed by atoms with Crippen LogP contribution in [0.1, 0.15) is 11.3 Å². The Morgan fingerprint density at radius 1 is 1.14 bits per heavy atom. The van der Waals surface area contributed by atoms with Crippen LogP contribution in [0, 0.1) is 18.3 Å². The van der Waals surface area contributed by atoms with Crippen LogP contribution >= 0.6 is 0 Å². The Hall–Kier alpha value is -3.06. The van der Waals surface area contributed by atoms with E-state index in [0.717, 1.165) is 33.7 Å². The number of fused-ring (bicyclic) bond motifs is 1. The molecule has 22 heavy (non-hydrogen) atoms. The number of benzene rings is 2. The number of pyridine rings is 1. The van der Waals surface area contributed by atoms with Crippen molar-refractivity contribution in [1.29, 1.82) is 5.26 Å². The van der Waals surface area contributed by atoms with Crippen molar-refractivity contribution in [3.8, 4) is 11.8 Å². The number of methoxy groups -OCH3 is 1. The topological polar surface area (TPSA) is 57.9 Å². The summed E-state index contributed by atoms with van der Waals surface area (Å²) in [5.41, 5.74) is 4.16. The van der Waals surface area contributed by atoms with E-state index in [-0.39, 0.29) is 0 Å². The van der Waals surface area contributed by atoms with Crippen LogP contribution in [0.2, 0.25) is 0 Å². The molecule has 4 heteroatoms. The highest BCUT2D eigenvalue weighted by Gasteiger charge is 2.09. The highest BCUT2D eigenvalue weighted by molar-refractivity contribution is 5.96. The molecule has 1 aromatic heterocycles. The molecule has 0 aliphatic rings. The summed E-state index contributed by atoms with van der Waals surface area (Å²) in [6.07, 6.45) is 0. The van der Waals surface area contributed by atoms with E-state index in [4.69, 9.17) is 10.00 Å². The number of nitriles is 1.